The molecular weight excluding hydrogens is 227 g/mol. The Labute approximate surface area is 109 Å². The number of carbonyl (C=O) groups excluding carboxylic acids is 1. The normalized spacial score (nSPS) is 11.7. The largest absolute Gasteiger partial charge is 0.303 e. The molecule has 0 heterocycles. The molecule has 2 heteroatoms. The molecule has 0 aliphatic rings. The Bertz CT molecular complexity index is 158. The van der Waals surface area contributed by atoms with Crippen LogP contribution in [0.5, 0.6) is 0 Å². The van der Waals surface area contributed by atoms with Crippen molar-refractivity contribution in [1.82, 2.24) is 0 Å². The molecule has 0 aromatic carbocycles. The van der Waals surface area contributed by atoms with Crippen LogP contribution in [-0.4, -0.2) is 30.9 Å². The summed E-state index contributed by atoms with van der Waals surface area (Å²) in [5, 5.41) is 0. The molecule has 0 rings (SSSR count). The van der Waals surface area contributed by atoms with Crippen molar-refractivity contribution in [1.29, 1.82) is 0 Å². The maximum atomic E-state index is 10.7. The topological polar surface area (TPSA) is 17.1 Å². The highest BCUT2D eigenvalue weighted by molar-refractivity contribution is 7.75. The van der Waals surface area contributed by atoms with Gasteiger partial charge in [-0.1, -0.05) is 40.0 Å². The lowest BCUT2D eigenvalue weighted by Crippen LogP contribution is -2.13. The fourth-order valence-electron chi connectivity index (χ4n) is 2.48. The second-order valence-electron chi connectivity index (χ2n) is 5.25. The second kappa shape index (κ2) is 11.2. The van der Waals surface area contributed by atoms with Gasteiger partial charge in [0.25, 0.3) is 0 Å². The third kappa shape index (κ3) is 7.92. The zero-order valence-electron chi connectivity index (χ0n) is 12.2. The Morgan fingerprint density at radius 3 is 1.47 bits per heavy atom. The number of unbranched alkanes of at least 4 members (excludes halogenated alkanes) is 3. The molecule has 0 aromatic heterocycles. The Hall–Kier alpha value is 0.100. The first-order valence-corrected chi connectivity index (χ1v) is 10.1. The van der Waals surface area contributed by atoms with Crippen molar-refractivity contribution >= 4 is 13.5 Å². The van der Waals surface area contributed by atoms with E-state index in [1.807, 2.05) is 0 Å². The highest BCUT2D eigenvalue weighted by atomic mass is 31.2. The van der Waals surface area contributed by atoms with Crippen molar-refractivity contribution in [2.24, 2.45) is 0 Å². The van der Waals surface area contributed by atoms with Crippen LogP contribution in [0, 0.1) is 0 Å². The van der Waals surface area contributed by atoms with Gasteiger partial charge in [-0.15, -0.1) is 0 Å². The maximum absolute atomic E-state index is 10.7. The fraction of sp³-hybridized carbons (Fsp3) is 0.933. The zero-order valence-corrected chi connectivity index (χ0v) is 13.1. The Morgan fingerprint density at radius 1 is 0.765 bits per heavy atom. The minimum Gasteiger partial charge on any atom is -0.303 e. The lowest BCUT2D eigenvalue weighted by molar-refractivity contribution is -0.107. The van der Waals surface area contributed by atoms with Crippen LogP contribution in [0.2, 0.25) is 0 Å². The van der Waals surface area contributed by atoms with Crippen molar-refractivity contribution in [2.45, 2.75) is 65.7 Å². The number of rotatable bonds is 12. The molecule has 0 amide bonds. The molecule has 1 nitrogen and oxygen atoms in total. The van der Waals surface area contributed by atoms with Crippen LogP contribution in [-0.2, 0) is 4.79 Å². The summed E-state index contributed by atoms with van der Waals surface area (Å²) in [7, 11) is -0.794. The summed E-state index contributed by atoms with van der Waals surface area (Å²) in [5.41, 5.74) is 0. The van der Waals surface area contributed by atoms with Crippen molar-refractivity contribution in [3.63, 3.8) is 0 Å². The number of hydrogen-bond acceptors (Lipinski definition) is 1. The van der Waals surface area contributed by atoms with Crippen LogP contribution in [0.25, 0.3) is 0 Å². The molecule has 0 aliphatic carbocycles. The number of hydrogen-bond donors (Lipinski definition) is 0. The highest BCUT2D eigenvalue weighted by Gasteiger charge is 2.34. The minimum absolute atomic E-state index is 0.794. The zero-order chi connectivity index (χ0) is 13.0. The van der Waals surface area contributed by atoms with Crippen molar-refractivity contribution < 1.29 is 4.79 Å². The predicted molar refractivity (Wildman–Crippen MR) is 81.8 cm³/mol. The van der Waals surface area contributed by atoms with E-state index >= 15 is 0 Å². The smallest absolute Gasteiger partial charge is 0.123 e. The molecule has 0 atom stereocenters. The van der Waals surface area contributed by atoms with E-state index in [-0.39, 0.29) is 0 Å². The van der Waals surface area contributed by atoms with E-state index in [1.54, 1.807) is 0 Å². The van der Waals surface area contributed by atoms with E-state index in [1.165, 1.54) is 63.2 Å². The molecule has 0 bridgehead atoms. The summed E-state index contributed by atoms with van der Waals surface area (Å²) in [6, 6.07) is 0. The van der Waals surface area contributed by atoms with Crippen molar-refractivity contribution in [3.05, 3.63) is 0 Å². The van der Waals surface area contributed by atoms with Crippen LogP contribution in [0.15, 0.2) is 0 Å². The highest BCUT2D eigenvalue weighted by Crippen LogP contribution is 2.60. The summed E-state index contributed by atoms with van der Waals surface area (Å²) in [5.74, 6) is 0. The summed E-state index contributed by atoms with van der Waals surface area (Å²) in [6.07, 6.45) is 15.6. The van der Waals surface area contributed by atoms with E-state index in [0.29, 0.717) is 0 Å². The average molecular weight is 259 g/mol. The molecule has 0 aliphatic heterocycles. The first kappa shape index (κ1) is 17.1. The first-order chi connectivity index (χ1) is 8.24. The van der Waals surface area contributed by atoms with Gasteiger partial charge in [0.05, 0.1) is 24.6 Å². The van der Waals surface area contributed by atoms with E-state index in [0.717, 1.165) is 12.7 Å². The Balaban J connectivity index is 4.44. The monoisotopic (exact) mass is 259 g/mol. The molecular formula is C15H32OP+. The molecule has 0 fully saturated rings. The summed E-state index contributed by atoms with van der Waals surface area (Å²) >= 11 is 0. The minimum atomic E-state index is -0.794. The third-order valence-corrected chi connectivity index (χ3v) is 8.68. The molecule has 0 spiro atoms. The maximum Gasteiger partial charge on any atom is 0.123 e. The average Bonchev–Trinajstić information content (AvgIpc) is 2.37. The molecule has 0 aromatic rings. The quantitative estimate of drug-likeness (QED) is 0.356. The van der Waals surface area contributed by atoms with Gasteiger partial charge in [-0.3, -0.25) is 0 Å². The fourth-order valence-corrected chi connectivity index (χ4v) is 7.43. The van der Waals surface area contributed by atoms with Crippen molar-refractivity contribution in [2.75, 3.05) is 24.6 Å². The van der Waals surface area contributed by atoms with Gasteiger partial charge in [0.2, 0.25) is 0 Å². The van der Waals surface area contributed by atoms with Gasteiger partial charge < -0.3 is 4.79 Å². The summed E-state index contributed by atoms with van der Waals surface area (Å²) < 4.78 is 0. The van der Waals surface area contributed by atoms with Gasteiger partial charge in [0.15, 0.2) is 0 Å². The molecule has 17 heavy (non-hydrogen) atoms. The predicted octanol–water partition coefficient (Wildman–Crippen LogP) is 4.99. The van der Waals surface area contributed by atoms with E-state index in [9.17, 15) is 4.79 Å². The molecule has 0 radical (unpaired) electrons. The van der Waals surface area contributed by atoms with Gasteiger partial charge in [-0.25, -0.2) is 0 Å². The Morgan fingerprint density at radius 2 is 1.18 bits per heavy atom. The summed E-state index contributed by atoms with van der Waals surface area (Å²) in [4.78, 5) is 10.7. The van der Waals surface area contributed by atoms with Crippen LogP contribution >= 0.6 is 7.26 Å². The van der Waals surface area contributed by atoms with Gasteiger partial charge in [0, 0.05) is 13.7 Å². The van der Waals surface area contributed by atoms with Crippen LogP contribution in [0.3, 0.4) is 0 Å². The molecule has 0 saturated heterocycles. The Kier molecular flexibility index (Phi) is 11.3. The molecule has 0 N–H and O–H groups in total. The van der Waals surface area contributed by atoms with Crippen LogP contribution < -0.4 is 0 Å². The molecule has 0 unspecified atom stereocenters. The number of carbonyl (C=O) groups is 1. The first-order valence-electron chi connectivity index (χ1n) is 7.53. The summed E-state index contributed by atoms with van der Waals surface area (Å²) in [6.45, 7) is 6.86. The molecule has 0 saturated carbocycles. The van der Waals surface area contributed by atoms with E-state index < -0.39 is 7.26 Å². The number of aldehydes is 1. The molecule has 102 valence electrons. The van der Waals surface area contributed by atoms with E-state index in [2.05, 4.69) is 20.8 Å². The second-order valence-corrected chi connectivity index (χ2v) is 9.72. The lowest BCUT2D eigenvalue weighted by Gasteiger charge is -2.27. The van der Waals surface area contributed by atoms with E-state index in [4.69, 9.17) is 0 Å². The lowest BCUT2D eigenvalue weighted by atomic mass is 10.4. The van der Waals surface area contributed by atoms with Crippen molar-refractivity contribution in [3.8, 4) is 0 Å². The van der Waals surface area contributed by atoms with Crippen LogP contribution in [0.1, 0.15) is 65.7 Å². The standard InChI is InChI=1S/C15H32OP/c1-4-7-12-17(13-8-5-2,14-9-6-3)15-10-11-16/h11H,4-10,12-15H2,1-3H3/q+1. The van der Waals surface area contributed by atoms with Gasteiger partial charge >= 0.3 is 0 Å². The van der Waals surface area contributed by atoms with Gasteiger partial charge in [-0.05, 0) is 19.3 Å². The van der Waals surface area contributed by atoms with Gasteiger partial charge in [0.1, 0.15) is 6.29 Å². The SMILES string of the molecule is CCCC[P+](CCC=O)(CCCC)CCCC. The van der Waals surface area contributed by atoms with Gasteiger partial charge in [-0.2, -0.15) is 0 Å². The van der Waals surface area contributed by atoms with Crippen LogP contribution in [0.4, 0.5) is 0 Å². The third-order valence-electron chi connectivity index (χ3n) is 3.68.